The fraction of sp³-hybridized carbons (Fsp3) is 0.185. The van der Waals surface area contributed by atoms with Crippen LogP contribution in [0.25, 0.3) is 11.6 Å². The Morgan fingerprint density at radius 2 is 1.63 bits per heavy atom. The topological polar surface area (TPSA) is 102 Å². The number of rotatable bonds is 5. The van der Waals surface area contributed by atoms with Gasteiger partial charge in [-0.3, -0.25) is 9.52 Å². The normalized spacial score (nSPS) is 14.4. The average molecular weight is 491 g/mol. The number of sulfonamides is 1. The molecule has 0 unspecified atom stereocenters. The number of hydrogen-bond donors (Lipinski definition) is 2. The minimum atomic E-state index is -3.88. The lowest BCUT2D eigenvalue weighted by Crippen LogP contribution is -2.14. The van der Waals surface area contributed by atoms with Crippen LogP contribution < -0.4 is 10.0 Å². The Morgan fingerprint density at radius 3 is 2.23 bits per heavy atom. The molecule has 1 heterocycles. The number of carbonyl (C=O) groups excluding carboxylic acids is 2. The second-order valence-corrected chi connectivity index (χ2v) is 10.9. The Hall–Kier alpha value is -3.91. The number of amides is 1. The molecular weight excluding hydrogens is 464 g/mol. The first-order valence-corrected chi connectivity index (χ1v) is 12.5. The van der Waals surface area contributed by atoms with E-state index >= 15 is 0 Å². The van der Waals surface area contributed by atoms with Crippen molar-refractivity contribution < 1.29 is 22.7 Å². The molecule has 4 rings (SSSR count). The van der Waals surface area contributed by atoms with E-state index in [1.54, 1.807) is 48.5 Å². The van der Waals surface area contributed by atoms with Gasteiger partial charge in [0.05, 0.1) is 17.6 Å². The standard InChI is InChI=1S/C27H26N2O5S/c1-27(2,3)19-9-11-20(12-10-19)29-35(32,33)21-13-14-24-22(16-21)23(25(30)28-24)15-17-5-7-18(8-6-17)26(31)34-4/h5-16,29H,1-4H3,(H,28,30)/b23-15-. The molecule has 0 bridgehead atoms. The van der Waals surface area contributed by atoms with Crippen molar-refractivity contribution in [2.75, 3.05) is 17.1 Å². The maximum atomic E-state index is 13.1. The van der Waals surface area contributed by atoms with Gasteiger partial charge in [0.1, 0.15) is 0 Å². The predicted molar refractivity (Wildman–Crippen MR) is 137 cm³/mol. The van der Waals surface area contributed by atoms with Crippen LogP contribution >= 0.6 is 0 Å². The summed E-state index contributed by atoms with van der Waals surface area (Å²) in [6, 6.07) is 18.4. The molecular formula is C27H26N2O5S. The summed E-state index contributed by atoms with van der Waals surface area (Å²) in [5, 5.41) is 2.76. The lowest BCUT2D eigenvalue weighted by molar-refractivity contribution is -0.110. The van der Waals surface area contributed by atoms with Gasteiger partial charge in [0.15, 0.2) is 0 Å². The van der Waals surface area contributed by atoms with E-state index in [0.29, 0.717) is 33.6 Å². The summed E-state index contributed by atoms with van der Waals surface area (Å²) in [6.45, 7) is 6.26. The van der Waals surface area contributed by atoms with E-state index in [2.05, 4.69) is 30.8 Å². The zero-order chi connectivity index (χ0) is 25.4. The first-order chi connectivity index (χ1) is 16.5. The molecule has 7 nitrogen and oxygen atoms in total. The van der Waals surface area contributed by atoms with Crippen molar-refractivity contribution in [1.82, 2.24) is 0 Å². The van der Waals surface area contributed by atoms with E-state index in [4.69, 9.17) is 4.74 Å². The first kappa shape index (κ1) is 24.2. The number of nitrogens with one attached hydrogen (secondary N) is 2. The second-order valence-electron chi connectivity index (χ2n) is 9.27. The second kappa shape index (κ2) is 9.03. The van der Waals surface area contributed by atoms with Crippen molar-refractivity contribution >= 4 is 44.9 Å². The highest BCUT2D eigenvalue weighted by Crippen LogP contribution is 2.35. The van der Waals surface area contributed by atoms with Crippen LogP contribution in [-0.2, 0) is 25.0 Å². The molecule has 35 heavy (non-hydrogen) atoms. The van der Waals surface area contributed by atoms with Crippen molar-refractivity contribution in [2.45, 2.75) is 31.1 Å². The summed E-state index contributed by atoms with van der Waals surface area (Å²) >= 11 is 0. The molecule has 0 radical (unpaired) electrons. The fourth-order valence-electron chi connectivity index (χ4n) is 3.73. The largest absolute Gasteiger partial charge is 0.465 e. The van der Waals surface area contributed by atoms with Crippen LogP contribution in [-0.4, -0.2) is 27.4 Å². The molecule has 1 aliphatic heterocycles. The van der Waals surface area contributed by atoms with Gasteiger partial charge >= 0.3 is 5.97 Å². The molecule has 3 aromatic rings. The van der Waals surface area contributed by atoms with Gasteiger partial charge in [-0.1, -0.05) is 45.0 Å². The third-order valence-corrected chi connectivity index (χ3v) is 7.11. The highest BCUT2D eigenvalue weighted by molar-refractivity contribution is 7.92. The van der Waals surface area contributed by atoms with Gasteiger partial charge in [-0.05, 0) is 65.1 Å². The van der Waals surface area contributed by atoms with Gasteiger partial charge in [-0.2, -0.15) is 0 Å². The number of benzene rings is 3. The molecule has 0 aromatic heterocycles. The molecule has 0 fully saturated rings. The Balaban J connectivity index is 1.63. The molecule has 8 heteroatoms. The number of fused-ring (bicyclic) bond motifs is 1. The quantitative estimate of drug-likeness (QED) is 0.384. The highest BCUT2D eigenvalue weighted by atomic mass is 32.2. The predicted octanol–water partition coefficient (Wildman–Crippen LogP) is 5.06. The van der Waals surface area contributed by atoms with E-state index in [-0.39, 0.29) is 16.2 Å². The van der Waals surface area contributed by atoms with Crippen LogP contribution in [0.4, 0.5) is 11.4 Å². The Labute approximate surface area is 204 Å². The summed E-state index contributed by atoms with van der Waals surface area (Å²) in [7, 11) is -2.58. The van der Waals surface area contributed by atoms with Crippen LogP contribution in [0.2, 0.25) is 0 Å². The van der Waals surface area contributed by atoms with E-state index in [1.165, 1.54) is 19.2 Å². The maximum Gasteiger partial charge on any atom is 0.337 e. The zero-order valence-corrected chi connectivity index (χ0v) is 20.7. The van der Waals surface area contributed by atoms with Gasteiger partial charge in [-0.15, -0.1) is 0 Å². The average Bonchev–Trinajstić information content (AvgIpc) is 3.12. The number of ether oxygens (including phenoxy) is 1. The molecule has 180 valence electrons. The minimum absolute atomic E-state index is 0.0413. The van der Waals surface area contributed by atoms with Crippen LogP contribution in [0.3, 0.4) is 0 Å². The van der Waals surface area contributed by atoms with Gasteiger partial charge < -0.3 is 10.1 Å². The maximum absolute atomic E-state index is 13.1. The highest BCUT2D eigenvalue weighted by Gasteiger charge is 2.27. The minimum Gasteiger partial charge on any atom is -0.465 e. The smallest absolute Gasteiger partial charge is 0.337 e. The SMILES string of the molecule is COC(=O)c1ccc(/C=C2\C(=O)Nc3ccc(S(=O)(=O)Nc4ccc(C(C)(C)C)cc4)cc32)cc1. The van der Waals surface area contributed by atoms with Crippen molar-refractivity contribution in [3.63, 3.8) is 0 Å². The third kappa shape index (κ3) is 5.12. The monoisotopic (exact) mass is 490 g/mol. The number of anilines is 2. The Bertz CT molecular complexity index is 1430. The Kier molecular flexibility index (Phi) is 6.25. The summed E-state index contributed by atoms with van der Waals surface area (Å²) in [6.07, 6.45) is 1.65. The van der Waals surface area contributed by atoms with E-state index in [0.717, 1.165) is 5.56 Å². The fourth-order valence-corrected chi connectivity index (χ4v) is 4.81. The van der Waals surface area contributed by atoms with Crippen LogP contribution in [0.1, 0.15) is 47.8 Å². The molecule has 3 aromatic carbocycles. The zero-order valence-electron chi connectivity index (χ0n) is 19.9. The van der Waals surface area contributed by atoms with Crippen LogP contribution in [0.15, 0.2) is 71.6 Å². The van der Waals surface area contributed by atoms with E-state index in [9.17, 15) is 18.0 Å². The van der Waals surface area contributed by atoms with Gasteiger partial charge in [0.2, 0.25) is 0 Å². The van der Waals surface area contributed by atoms with Crippen molar-refractivity contribution in [2.24, 2.45) is 0 Å². The van der Waals surface area contributed by atoms with E-state index in [1.807, 2.05) is 12.1 Å². The molecule has 0 saturated carbocycles. The number of methoxy groups -OCH3 is 1. The summed E-state index contributed by atoms with van der Waals surface area (Å²) in [5.74, 6) is -0.791. The lowest BCUT2D eigenvalue weighted by atomic mass is 9.87. The summed E-state index contributed by atoms with van der Waals surface area (Å²) in [5.41, 5.74) is 3.92. The summed E-state index contributed by atoms with van der Waals surface area (Å²) in [4.78, 5) is 24.3. The van der Waals surface area contributed by atoms with Crippen molar-refractivity contribution in [1.29, 1.82) is 0 Å². The number of carbonyl (C=O) groups is 2. The van der Waals surface area contributed by atoms with Crippen molar-refractivity contribution in [3.8, 4) is 0 Å². The number of esters is 1. The van der Waals surface area contributed by atoms with Gasteiger partial charge in [0.25, 0.3) is 15.9 Å². The first-order valence-electron chi connectivity index (χ1n) is 11.0. The Morgan fingerprint density at radius 1 is 0.971 bits per heavy atom. The van der Waals surface area contributed by atoms with Gasteiger partial charge in [-0.25, -0.2) is 13.2 Å². The molecule has 1 aliphatic rings. The van der Waals surface area contributed by atoms with Gasteiger partial charge in [0, 0.05) is 22.5 Å². The number of hydrogen-bond acceptors (Lipinski definition) is 5. The molecule has 0 aliphatic carbocycles. The molecule has 1 amide bonds. The summed E-state index contributed by atoms with van der Waals surface area (Å²) < 4.78 is 33.5. The molecule has 0 atom stereocenters. The van der Waals surface area contributed by atoms with Crippen molar-refractivity contribution in [3.05, 3.63) is 89.0 Å². The molecule has 0 saturated heterocycles. The molecule has 2 N–H and O–H groups in total. The van der Waals surface area contributed by atoms with Crippen LogP contribution in [0, 0.1) is 0 Å². The third-order valence-electron chi connectivity index (χ3n) is 5.73. The van der Waals surface area contributed by atoms with E-state index < -0.39 is 16.0 Å². The lowest BCUT2D eigenvalue weighted by Gasteiger charge is -2.19. The molecule has 0 spiro atoms. The van der Waals surface area contributed by atoms with Crippen LogP contribution in [0.5, 0.6) is 0 Å².